The summed E-state index contributed by atoms with van der Waals surface area (Å²) in [6.07, 6.45) is 2.99. The smallest absolute Gasteiger partial charge is 0.407 e. The third-order valence-corrected chi connectivity index (χ3v) is 7.48. The molecular formula is C34H40N3O6+. The zero-order chi connectivity index (χ0) is 30.6. The number of quaternary nitrogens is 1. The number of hydrogen-bond donors (Lipinski definition) is 3. The number of methoxy groups -OCH3 is 1. The topological polar surface area (TPSA) is 131 Å². The van der Waals surface area contributed by atoms with Gasteiger partial charge >= 0.3 is 12.1 Å². The maximum absolute atomic E-state index is 13.4. The van der Waals surface area contributed by atoms with E-state index >= 15 is 0 Å². The molecule has 9 nitrogen and oxygen atoms in total. The molecule has 5 N–H and O–H groups in total. The number of carbonyl (C=O) groups excluding carboxylic acids is 3. The predicted molar refractivity (Wildman–Crippen MR) is 163 cm³/mol. The molecule has 0 spiro atoms. The fourth-order valence-electron chi connectivity index (χ4n) is 5.30. The van der Waals surface area contributed by atoms with Crippen LogP contribution in [0.3, 0.4) is 0 Å². The van der Waals surface area contributed by atoms with Crippen molar-refractivity contribution in [1.29, 1.82) is 0 Å². The predicted octanol–water partition coefficient (Wildman–Crippen LogP) is 3.77. The second-order valence-corrected chi connectivity index (χ2v) is 10.4. The number of esters is 1. The quantitative estimate of drug-likeness (QED) is 0.141. The molecule has 9 heteroatoms. The highest BCUT2D eigenvalue weighted by Gasteiger charge is 2.31. The van der Waals surface area contributed by atoms with Crippen LogP contribution in [0.2, 0.25) is 0 Å². The highest BCUT2D eigenvalue weighted by molar-refractivity contribution is 5.89. The van der Waals surface area contributed by atoms with E-state index in [1.54, 1.807) is 18.2 Å². The number of benzene rings is 3. The van der Waals surface area contributed by atoms with Crippen LogP contribution in [0.4, 0.5) is 4.79 Å². The van der Waals surface area contributed by atoms with Gasteiger partial charge in [-0.2, -0.15) is 0 Å². The number of amides is 2. The maximum atomic E-state index is 13.4. The van der Waals surface area contributed by atoms with Crippen LogP contribution in [-0.2, 0) is 25.5 Å². The summed E-state index contributed by atoms with van der Waals surface area (Å²) >= 11 is 0. The van der Waals surface area contributed by atoms with E-state index < -0.39 is 30.1 Å². The third-order valence-electron chi connectivity index (χ3n) is 7.48. The summed E-state index contributed by atoms with van der Waals surface area (Å²) in [5.41, 5.74) is 9.13. The molecule has 226 valence electrons. The van der Waals surface area contributed by atoms with E-state index in [1.165, 1.54) is 7.11 Å². The molecule has 0 saturated carbocycles. The number of fused-ring (bicyclic) bond motifs is 3. The highest BCUT2D eigenvalue weighted by atomic mass is 16.5. The highest BCUT2D eigenvalue weighted by Crippen LogP contribution is 2.44. The molecule has 0 aliphatic heterocycles. The molecule has 3 aromatic carbocycles. The number of nitrogens with one attached hydrogen (secondary N) is 2. The van der Waals surface area contributed by atoms with Crippen LogP contribution in [0.1, 0.15) is 41.9 Å². The van der Waals surface area contributed by atoms with Gasteiger partial charge in [0.2, 0.25) is 5.91 Å². The summed E-state index contributed by atoms with van der Waals surface area (Å²) in [4.78, 5) is 39.1. The molecule has 0 fully saturated rings. The molecule has 0 bridgehead atoms. The molecule has 1 aliphatic carbocycles. The largest absolute Gasteiger partial charge is 0.490 e. The van der Waals surface area contributed by atoms with Gasteiger partial charge in [0.25, 0.3) is 0 Å². The fourth-order valence-corrected chi connectivity index (χ4v) is 5.30. The van der Waals surface area contributed by atoms with Gasteiger partial charge in [0, 0.05) is 12.3 Å². The van der Waals surface area contributed by atoms with E-state index in [1.807, 2.05) is 48.5 Å². The first-order chi connectivity index (χ1) is 20.9. The second-order valence-electron chi connectivity index (χ2n) is 10.4. The van der Waals surface area contributed by atoms with Gasteiger partial charge in [-0.25, -0.2) is 9.59 Å². The van der Waals surface area contributed by atoms with E-state index in [4.69, 9.17) is 14.2 Å². The van der Waals surface area contributed by atoms with Gasteiger partial charge < -0.3 is 30.6 Å². The molecule has 4 rings (SSSR count). The Hall–Kier alpha value is -4.63. The normalized spacial score (nSPS) is 13.2. The molecule has 0 unspecified atom stereocenters. The van der Waals surface area contributed by atoms with Crippen LogP contribution in [0.15, 0.2) is 85.5 Å². The van der Waals surface area contributed by atoms with Gasteiger partial charge in [0.15, 0.2) is 0 Å². The second kappa shape index (κ2) is 15.6. The molecule has 2 atom stereocenters. The van der Waals surface area contributed by atoms with Gasteiger partial charge in [-0.05, 0) is 59.2 Å². The SMILES string of the molecule is C=CCOc1ccc(C[C@H](NC(=O)[C@@H](CCCC[NH3+])NC(=O)OCC2c3ccccc3-c3ccccc32)C(=O)OC)cc1. The number of ether oxygens (including phenoxy) is 3. The molecular weight excluding hydrogens is 546 g/mol. The lowest BCUT2D eigenvalue weighted by atomic mass is 9.98. The Morgan fingerprint density at radius 2 is 1.56 bits per heavy atom. The van der Waals surface area contributed by atoms with E-state index in [0.29, 0.717) is 31.7 Å². The van der Waals surface area contributed by atoms with Gasteiger partial charge in [0.1, 0.15) is 31.0 Å². The maximum Gasteiger partial charge on any atom is 0.407 e. The molecule has 2 amide bonds. The average Bonchev–Trinajstić information content (AvgIpc) is 3.35. The summed E-state index contributed by atoms with van der Waals surface area (Å²) in [6, 6.07) is 21.5. The molecule has 0 saturated heterocycles. The Morgan fingerprint density at radius 1 is 0.907 bits per heavy atom. The Bertz CT molecular complexity index is 1360. The van der Waals surface area contributed by atoms with Crippen molar-refractivity contribution in [3.8, 4) is 16.9 Å². The molecule has 1 aliphatic rings. The number of hydrogen-bond acceptors (Lipinski definition) is 6. The molecule has 3 aromatic rings. The zero-order valence-electron chi connectivity index (χ0n) is 24.6. The van der Waals surface area contributed by atoms with Crippen LogP contribution < -0.4 is 21.1 Å². The van der Waals surface area contributed by atoms with Crippen LogP contribution >= 0.6 is 0 Å². The Balaban J connectivity index is 1.41. The number of carbonyl (C=O) groups is 3. The standard InChI is InChI=1S/C34H39N3O6/c1-3-20-42-24-17-15-23(16-18-24)21-31(33(39)41-2)36-32(38)30(14-8-9-19-35)37-34(40)43-22-29-27-12-6-4-10-25(27)26-11-5-7-13-28(26)29/h3-7,10-13,15-18,29-31H,1,8-9,14,19-22,35H2,2H3,(H,36,38)(H,37,40)/p+1/t30-,31+/m1/s1. The summed E-state index contributed by atoms with van der Waals surface area (Å²) < 4.78 is 16.2. The van der Waals surface area contributed by atoms with E-state index in [0.717, 1.165) is 34.2 Å². The minimum Gasteiger partial charge on any atom is -0.490 e. The third kappa shape index (κ3) is 8.23. The van der Waals surface area contributed by atoms with E-state index in [-0.39, 0.29) is 18.9 Å². The Kier molecular flexibility index (Phi) is 11.3. The van der Waals surface area contributed by atoms with Crippen molar-refractivity contribution in [3.63, 3.8) is 0 Å². The number of alkyl carbamates (subject to hydrolysis) is 1. The van der Waals surface area contributed by atoms with Crippen molar-refractivity contribution >= 4 is 18.0 Å². The van der Waals surface area contributed by atoms with Crippen molar-refractivity contribution in [2.24, 2.45) is 0 Å². The van der Waals surface area contributed by atoms with Crippen molar-refractivity contribution in [1.82, 2.24) is 10.6 Å². The fraction of sp³-hybridized carbons (Fsp3) is 0.324. The lowest BCUT2D eigenvalue weighted by Gasteiger charge is -2.23. The Labute approximate surface area is 252 Å². The number of unbranched alkanes of at least 4 members (excludes halogenated alkanes) is 1. The summed E-state index contributed by atoms with van der Waals surface area (Å²) in [5.74, 6) is -0.509. The summed E-state index contributed by atoms with van der Waals surface area (Å²) in [5, 5.41) is 5.51. The molecule has 43 heavy (non-hydrogen) atoms. The van der Waals surface area contributed by atoms with Gasteiger partial charge in [0.05, 0.1) is 13.7 Å². The number of rotatable bonds is 15. The van der Waals surface area contributed by atoms with E-state index in [2.05, 4.69) is 35.1 Å². The lowest BCUT2D eigenvalue weighted by Crippen LogP contribution is -2.53. The first-order valence-corrected chi connectivity index (χ1v) is 14.6. The van der Waals surface area contributed by atoms with Crippen LogP contribution in [0.25, 0.3) is 11.1 Å². The zero-order valence-corrected chi connectivity index (χ0v) is 24.6. The summed E-state index contributed by atoms with van der Waals surface area (Å²) in [7, 11) is 1.27. The molecule has 0 heterocycles. The van der Waals surface area contributed by atoms with Crippen LogP contribution in [-0.4, -0.2) is 56.9 Å². The minimum atomic E-state index is -0.947. The monoisotopic (exact) mass is 586 g/mol. The van der Waals surface area contributed by atoms with Crippen LogP contribution in [0.5, 0.6) is 5.75 Å². The molecule has 0 radical (unpaired) electrons. The lowest BCUT2D eigenvalue weighted by molar-refractivity contribution is -0.368. The summed E-state index contributed by atoms with van der Waals surface area (Å²) in [6.45, 7) is 4.85. The van der Waals surface area contributed by atoms with Crippen LogP contribution in [0, 0.1) is 0 Å². The van der Waals surface area contributed by atoms with Crippen molar-refractivity contribution in [2.75, 3.05) is 26.9 Å². The first kappa shape index (κ1) is 31.3. The molecule has 0 aromatic heterocycles. The van der Waals surface area contributed by atoms with Gasteiger partial charge in [-0.1, -0.05) is 73.3 Å². The van der Waals surface area contributed by atoms with Gasteiger partial charge in [-0.15, -0.1) is 0 Å². The average molecular weight is 587 g/mol. The van der Waals surface area contributed by atoms with Crippen molar-refractivity contribution < 1.29 is 34.3 Å². The first-order valence-electron chi connectivity index (χ1n) is 14.6. The Morgan fingerprint density at radius 3 is 2.16 bits per heavy atom. The van der Waals surface area contributed by atoms with Gasteiger partial charge in [-0.3, -0.25) is 4.79 Å². The van der Waals surface area contributed by atoms with E-state index in [9.17, 15) is 14.4 Å². The minimum absolute atomic E-state index is 0.103. The van der Waals surface area contributed by atoms with Crippen molar-refractivity contribution in [2.45, 2.75) is 43.7 Å². The van der Waals surface area contributed by atoms with Crippen molar-refractivity contribution in [3.05, 3.63) is 102 Å².